The second kappa shape index (κ2) is 4.45. The first kappa shape index (κ1) is 12.2. The smallest absolute Gasteiger partial charge is 0.226 e. The summed E-state index contributed by atoms with van der Waals surface area (Å²) in [6, 6.07) is 23.6. The molecular formula is C19H17N2+. The SMILES string of the molecule is Cn1c(-c2cccc3ccccc23)[n+](C)c2ccccc21. The summed E-state index contributed by atoms with van der Waals surface area (Å²) in [5.41, 5.74) is 3.78. The number of nitrogens with zero attached hydrogens (tertiary/aromatic N) is 2. The molecule has 0 aliphatic heterocycles. The van der Waals surface area contributed by atoms with Crippen LogP contribution in [0.15, 0.2) is 66.7 Å². The lowest BCUT2D eigenvalue weighted by molar-refractivity contribution is -0.634. The van der Waals surface area contributed by atoms with Crippen molar-refractivity contribution in [2.75, 3.05) is 0 Å². The highest BCUT2D eigenvalue weighted by Crippen LogP contribution is 2.28. The van der Waals surface area contributed by atoms with Crippen molar-refractivity contribution in [1.29, 1.82) is 0 Å². The zero-order valence-corrected chi connectivity index (χ0v) is 12.2. The van der Waals surface area contributed by atoms with E-state index in [9.17, 15) is 0 Å². The monoisotopic (exact) mass is 273 g/mol. The lowest BCUT2D eigenvalue weighted by atomic mass is 10.0. The molecule has 0 bridgehead atoms. The molecule has 0 spiro atoms. The van der Waals surface area contributed by atoms with Crippen LogP contribution in [0.4, 0.5) is 0 Å². The van der Waals surface area contributed by atoms with Gasteiger partial charge in [-0.05, 0) is 29.0 Å². The van der Waals surface area contributed by atoms with E-state index in [0.29, 0.717) is 0 Å². The fourth-order valence-corrected chi connectivity index (χ4v) is 3.27. The molecule has 102 valence electrons. The van der Waals surface area contributed by atoms with Crippen LogP contribution in [-0.2, 0) is 14.1 Å². The van der Waals surface area contributed by atoms with Crippen LogP contribution in [0, 0.1) is 0 Å². The minimum atomic E-state index is 1.23. The summed E-state index contributed by atoms with van der Waals surface area (Å²) in [5.74, 6) is 1.23. The van der Waals surface area contributed by atoms with Crippen LogP contribution >= 0.6 is 0 Å². The molecule has 2 heteroatoms. The first-order chi connectivity index (χ1) is 10.3. The van der Waals surface area contributed by atoms with Crippen LogP contribution in [0.3, 0.4) is 0 Å². The number of benzene rings is 3. The quantitative estimate of drug-likeness (QED) is 0.466. The zero-order valence-electron chi connectivity index (χ0n) is 12.2. The number of imidazole rings is 1. The Morgan fingerprint density at radius 2 is 1.52 bits per heavy atom. The van der Waals surface area contributed by atoms with Gasteiger partial charge in [0, 0.05) is 0 Å². The van der Waals surface area contributed by atoms with Gasteiger partial charge >= 0.3 is 0 Å². The van der Waals surface area contributed by atoms with Gasteiger partial charge in [0.1, 0.15) is 0 Å². The predicted octanol–water partition coefficient (Wildman–Crippen LogP) is 3.82. The van der Waals surface area contributed by atoms with Crippen molar-refractivity contribution in [1.82, 2.24) is 4.57 Å². The maximum absolute atomic E-state index is 2.27. The summed E-state index contributed by atoms with van der Waals surface area (Å²) in [4.78, 5) is 0. The average Bonchev–Trinajstić information content (AvgIpc) is 2.79. The van der Waals surface area contributed by atoms with E-state index in [4.69, 9.17) is 0 Å². The van der Waals surface area contributed by atoms with E-state index < -0.39 is 0 Å². The molecule has 21 heavy (non-hydrogen) atoms. The zero-order chi connectivity index (χ0) is 14.4. The van der Waals surface area contributed by atoms with Crippen molar-refractivity contribution < 1.29 is 4.57 Å². The van der Waals surface area contributed by atoms with Crippen molar-refractivity contribution in [2.45, 2.75) is 0 Å². The molecule has 0 N–H and O–H groups in total. The summed E-state index contributed by atoms with van der Waals surface area (Å²) in [5, 5.41) is 2.57. The van der Waals surface area contributed by atoms with Crippen molar-refractivity contribution in [3.05, 3.63) is 66.7 Å². The van der Waals surface area contributed by atoms with Crippen molar-refractivity contribution in [2.24, 2.45) is 14.1 Å². The molecule has 1 heterocycles. The third kappa shape index (κ3) is 1.69. The lowest BCUT2D eigenvalue weighted by Gasteiger charge is -2.04. The Balaban J connectivity index is 2.15. The van der Waals surface area contributed by atoms with Gasteiger partial charge in [-0.15, -0.1) is 0 Å². The number of para-hydroxylation sites is 2. The fourth-order valence-electron chi connectivity index (χ4n) is 3.27. The molecule has 1 aromatic heterocycles. The Labute approximate surface area is 123 Å². The normalized spacial score (nSPS) is 11.3. The highest BCUT2D eigenvalue weighted by molar-refractivity contribution is 5.95. The highest BCUT2D eigenvalue weighted by Gasteiger charge is 2.22. The Morgan fingerprint density at radius 1 is 0.810 bits per heavy atom. The predicted molar refractivity (Wildman–Crippen MR) is 87.0 cm³/mol. The molecule has 0 amide bonds. The Hall–Kier alpha value is -2.61. The van der Waals surface area contributed by atoms with Gasteiger partial charge in [0.25, 0.3) is 5.82 Å². The summed E-state index contributed by atoms with van der Waals surface area (Å²) in [6.45, 7) is 0. The number of fused-ring (bicyclic) bond motifs is 2. The Kier molecular flexibility index (Phi) is 2.58. The van der Waals surface area contributed by atoms with Crippen LogP contribution in [0.5, 0.6) is 0 Å². The molecule has 0 saturated carbocycles. The largest absolute Gasteiger partial charge is 0.290 e. The summed E-state index contributed by atoms with van der Waals surface area (Å²) < 4.78 is 4.55. The molecular weight excluding hydrogens is 256 g/mol. The molecule has 0 radical (unpaired) electrons. The van der Waals surface area contributed by atoms with Gasteiger partial charge in [0.15, 0.2) is 11.0 Å². The van der Waals surface area contributed by atoms with Gasteiger partial charge in [0.05, 0.1) is 19.7 Å². The summed E-state index contributed by atoms with van der Waals surface area (Å²) in [6.07, 6.45) is 0. The van der Waals surface area contributed by atoms with Crippen LogP contribution < -0.4 is 4.57 Å². The van der Waals surface area contributed by atoms with E-state index in [-0.39, 0.29) is 0 Å². The minimum Gasteiger partial charge on any atom is -0.226 e. The molecule has 0 aliphatic carbocycles. The van der Waals surface area contributed by atoms with Gasteiger partial charge in [-0.25, -0.2) is 9.13 Å². The topological polar surface area (TPSA) is 8.81 Å². The minimum absolute atomic E-state index is 1.23. The van der Waals surface area contributed by atoms with Crippen LogP contribution in [0.1, 0.15) is 0 Å². The van der Waals surface area contributed by atoms with Crippen LogP contribution in [0.2, 0.25) is 0 Å². The van der Waals surface area contributed by atoms with Crippen molar-refractivity contribution >= 4 is 21.8 Å². The second-order valence-corrected chi connectivity index (χ2v) is 5.46. The number of rotatable bonds is 1. The maximum Gasteiger partial charge on any atom is 0.290 e. The molecule has 4 aromatic rings. The van der Waals surface area contributed by atoms with Gasteiger partial charge in [-0.3, -0.25) is 0 Å². The summed E-state index contributed by atoms with van der Waals surface area (Å²) in [7, 11) is 4.28. The molecule has 0 aliphatic rings. The summed E-state index contributed by atoms with van der Waals surface area (Å²) >= 11 is 0. The van der Waals surface area contributed by atoms with E-state index in [1.165, 1.54) is 33.2 Å². The molecule has 0 fully saturated rings. The number of aromatic nitrogens is 2. The molecule has 4 rings (SSSR count). The van der Waals surface area contributed by atoms with Gasteiger partial charge < -0.3 is 0 Å². The molecule has 0 saturated heterocycles. The molecule has 3 aromatic carbocycles. The lowest BCUT2D eigenvalue weighted by Crippen LogP contribution is -2.30. The van der Waals surface area contributed by atoms with E-state index in [1.807, 2.05) is 0 Å². The highest BCUT2D eigenvalue weighted by atomic mass is 15.1. The van der Waals surface area contributed by atoms with E-state index in [1.54, 1.807) is 0 Å². The van der Waals surface area contributed by atoms with Gasteiger partial charge in [0.2, 0.25) is 0 Å². The molecule has 0 unspecified atom stereocenters. The number of hydrogen-bond acceptors (Lipinski definition) is 0. The second-order valence-electron chi connectivity index (χ2n) is 5.46. The average molecular weight is 273 g/mol. The van der Waals surface area contributed by atoms with Crippen LogP contribution in [-0.4, -0.2) is 4.57 Å². The number of aryl methyl sites for hydroxylation is 2. The van der Waals surface area contributed by atoms with E-state index in [0.717, 1.165) is 0 Å². The van der Waals surface area contributed by atoms with Crippen LogP contribution in [0.25, 0.3) is 33.2 Å². The standard InChI is InChI=1S/C19H17N2/c1-20-17-12-5-6-13-18(17)21(2)19(20)16-11-7-9-14-8-3-4-10-15(14)16/h3-13H,1-2H3/q+1. The Bertz CT molecular complexity index is 920. The van der Waals surface area contributed by atoms with E-state index >= 15 is 0 Å². The van der Waals surface area contributed by atoms with Crippen molar-refractivity contribution in [3.8, 4) is 11.4 Å². The first-order valence-electron chi connectivity index (χ1n) is 7.19. The first-order valence-corrected chi connectivity index (χ1v) is 7.19. The molecule has 2 nitrogen and oxygen atoms in total. The molecule has 0 atom stereocenters. The number of hydrogen-bond donors (Lipinski definition) is 0. The van der Waals surface area contributed by atoms with E-state index in [2.05, 4.69) is 90.0 Å². The van der Waals surface area contributed by atoms with Crippen molar-refractivity contribution in [3.63, 3.8) is 0 Å². The Morgan fingerprint density at radius 3 is 2.38 bits per heavy atom. The van der Waals surface area contributed by atoms with Gasteiger partial charge in [-0.2, -0.15) is 0 Å². The third-order valence-electron chi connectivity index (χ3n) is 4.27. The third-order valence-corrected chi connectivity index (χ3v) is 4.27. The fraction of sp³-hybridized carbons (Fsp3) is 0.105. The maximum atomic E-state index is 2.27. The van der Waals surface area contributed by atoms with Gasteiger partial charge in [-0.1, -0.05) is 48.5 Å².